The lowest BCUT2D eigenvalue weighted by Gasteiger charge is -2.19. The number of aliphatic hydroxyl groups is 1. The molecule has 0 saturated carbocycles. The smallest absolute Gasteiger partial charge is 0.328 e. The van der Waals surface area contributed by atoms with Crippen molar-refractivity contribution in [3.63, 3.8) is 0 Å². The van der Waals surface area contributed by atoms with Gasteiger partial charge in [-0.05, 0) is 33.2 Å². The standard InChI is InChI=1S/C20H19NO4/c1-25-20(24)18(21-19(23)12-22)11-17-15-8-4-2-6-13(15)10-14-7-3-5-9-16(14)17/h2-10,18,22H,11-12H2,1H3,(H,21,23)/t18-/m1/s1. The van der Waals surface area contributed by atoms with E-state index >= 15 is 0 Å². The van der Waals surface area contributed by atoms with Gasteiger partial charge in [-0.1, -0.05) is 48.5 Å². The highest BCUT2D eigenvalue weighted by atomic mass is 16.5. The van der Waals surface area contributed by atoms with Crippen molar-refractivity contribution in [3.05, 3.63) is 60.2 Å². The summed E-state index contributed by atoms with van der Waals surface area (Å²) in [4.78, 5) is 23.7. The summed E-state index contributed by atoms with van der Waals surface area (Å²) in [5.74, 6) is -1.15. The Bertz CT molecular complexity index is 881. The molecule has 3 aromatic rings. The van der Waals surface area contributed by atoms with Crippen LogP contribution >= 0.6 is 0 Å². The third-order valence-electron chi connectivity index (χ3n) is 4.26. The van der Waals surface area contributed by atoms with Crippen LogP contribution in [0.4, 0.5) is 0 Å². The van der Waals surface area contributed by atoms with E-state index in [4.69, 9.17) is 9.84 Å². The first-order valence-electron chi connectivity index (χ1n) is 8.01. The number of carbonyl (C=O) groups excluding carboxylic acids is 2. The molecule has 0 fully saturated rings. The number of amides is 1. The topological polar surface area (TPSA) is 75.6 Å². The number of esters is 1. The van der Waals surface area contributed by atoms with Crippen molar-refractivity contribution in [2.24, 2.45) is 0 Å². The molecule has 0 unspecified atom stereocenters. The number of benzene rings is 3. The minimum absolute atomic E-state index is 0.278. The van der Waals surface area contributed by atoms with Crippen LogP contribution in [0.5, 0.6) is 0 Å². The number of rotatable bonds is 5. The van der Waals surface area contributed by atoms with Crippen molar-refractivity contribution in [2.75, 3.05) is 13.7 Å². The Kier molecular flexibility index (Phi) is 4.95. The van der Waals surface area contributed by atoms with Gasteiger partial charge in [0.05, 0.1) is 7.11 Å². The van der Waals surface area contributed by atoms with Crippen molar-refractivity contribution in [1.82, 2.24) is 5.32 Å². The number of nitrogens with one attached hydrogen (secondary N) is 1. The van der Waals surface area contributed by atoms with Gasteiger partial charge in [0, 0.05) is 6.42 Å². The Labute approximate surface area is 145 Å². The highest BCUT2D eigenvalue weighted by Gasteiger charge is 2.23. The zero-order valence-electron chi connectivity index (χ0n) is 13.9. The van der Waals surface area contributed by atoms with Crippen molar-refractivity contribution >= 4 is 33.4 Å². The number of aliphatic hydroxyl groups excluding tert-OH is 1. The van der Waals surface area contributed by atoms with Gasteiger partial charge in [0.15, 0.2) is 0 Å². The first-order valence-corrected chi connectivity index (χ1v) is 8.01. The van der Waals surface area contributed by atoms with Gasteiger partial charge in [0.25, 0.3) is 0 Å². The fourth-order valence-electron chi connectivity index (χ4n) is 3.11. The van der Waals surface area contributed by atoms with Crippen LogP contribution < -0.4 is 5.32 Å². The van der Waals surface area contributed by atoms with E-state index in [0.717, 1.165) is 27.1 Å². The van der Waals surface area contributed by atoms with Gasteiger partial charge in [-0.15, -0.1) is 0 Å². The normalized spacial score (nSPS) is 12.1. The van der Waals surface area contributed by atoms with Crippen LogP contribution in [0.2, 0.25) is 0 Å². The van der Waals surface area contributed by atoms with Crippen LogP contribution in [0.25, 0.3) is 21.5 Å². The highest BCUT2D eigenvalue weighted by Crippen LogP contribution is 2.29. The molecule has 1 atom stereocenters. The summed E-state index contributed by atoms with van der Waals surface area (Å²) in [5.41, 5.74) is 0.960. The van der Waals surface area contributed by atoms with Gasteiger partial charge < -0.3 is 15.2 Å². The number of hydrogen-bond acceptors (Lipinski definition) is 4. The van der Waals surface area contributed by atoms with Gasteiger partial charge in [-0.25, -0.2) is 4.79 Å². The Morgan fingerprint density at radius 2 is 1.60 bits per heavy atom. The fraction of sp³-hybridized carbons (Fsp3) is 0.200. The molecular formula is C20H19NO4. The van der Waals surface area contributed by atoms with Crippen LogP contribution in [0.15, 0.2) is 54.6 Å². The number of hydrogen-bond donors (Lipinski definition) is 2. The van der Waals surface area contributed by atoms with Crippen LogP contribution in [0, 0.1) is 0 Å². The predicted octanol–water partition coefficient (Wildman–Crippen LogP) is 2.19. The fourth-order valence-corrected chi connectivity index (χ4v) is 3.11. The number of methoxy groups -OCH3 is 1. The van der Waals surface area contributed by atoms with E-state index in [9.17, 15) is 9.59 Å². The number of carbonyl (C=O) groups is 2. The van der Waals surface area contributed by atoms with E-state index in [1.807, 2.05) is 48.5 Å². The summed E-state index contributed by atoms with van der Waals surface area (Å²) in [7, 11) is 1.28. The minimum atomic E-state index is -0.862. The lowest BCUT2D eigenvalue weighted by atomic mass is 9.92. The number of fused-ring (bicyclic) bond motifs is 2. The van der Waals surface area contributed by atoms with Crippen LogP contribution in [0.1, 0.15) is 5.56 Å². The third kappa shape index (κ3) is 3.46. The molecule has 5 heteroatoms. The molecule has 0 aliphatic carbocycles. The molecule has 0 spiro atoms. The summed E-state index contributed by atoms with van der Waals surface area (Å²) in [6.45, 7) is -0.677. The lowest BCUT2D eigenvalue weighted by Crippen LogP contribution is -2.44. The van der Waals surface area contributed by atoms with Gasteiger partial charge in [-0.2, -0.15) is 0 Å². The Morgan fingerprint density at radius 3 is 2.12 bits per heavy atom. The molecule has 25 heavy (non-hydrogen) atoms. The van der Waals surface area contributed by atoms with Gasteiger partial charge >= 0.3 is 5.97 Å². The van der Waals surface area contributed by atoms with Crippen molar-refractivity contribution in [1.29, 1.82) is 0 Å². The van der Waals surface area contributed by atoms with Crippen LogP contribution in [-0.2, 0) is 20.7 Å². The number of ether oxygens (including phenoxy) is 1. The largest absolute Gasteiger partial charge is 0.467 e. The van der Waals surface area contributed by atoms with Crippen LogP contribution in [0.3, 0.4) is 0 Å². The summed E-state index contributed by atoms with van der Waals surface area (Å²) in [5, 5.41) is 15.7. The molecule has 0 radical (unpaired) electrons. The van der Waals surface area contributed by atoms with Gasteiger partial charge in [0.2, 0.25) is 5.91 Å². The molecule has 128 valence electrons. The monoisotopic (exact) mass is 337 g/mol. The van der Waals surface area contributed by atoms with E-state index < -0.39 is 24.5 Å². The maximum atomic E-state index is 12.1. The third-order valence-corrected chi connectivity index (χ3v) is 4.26. The Morgan fingerprint density at radius 1 is 1.04 bits per heavy atom. The maximum absolute atomic E-state index is 12.1. The van der Waals surface area contributed by atoms with E-state index in [-0.39, 0.29) is 6.42 Å². The summed E-state index contributed by atoms with van der Waals surface area (Å²) >= 11 is 0. The van der Waals surface area contributed by atoms with E-state index in [1.165, 1.54) is 7.11 Å². The molecule has 0 saturated heterocycles. The van der Waals surface area contributed by atoms with Crippen LogP contribution in [-0.4, -0.2) is 36.7 Å². The van der Waals surface area contributed by atoms with Crippen molar-refractivity contribution in [2.45, 2.75) is 12.5 Å². The van der Waals surface area contributed by atoms with Crippen molar-refractivity contribution in [3.8, 4) is 0 Å². The maximum Gasteiger partial charge on any atom is 0.328 e. The van der Waals surface area contributed by atoms with Gasteiger partial charge in [-0.3, -0.25) is 4.79 Å². The molecule has 0 aromatic heterocycles. The second kappa shape index (κ2) is 7.32. The van der Waals surface area contributed by atoms with E-state index in [1.54, 1.807) is 0 Å². The molecule has 0 aliphatic rings. The van der Waals surface area contributed by atoms with E-state index in [0.29, 0.717) is 0 Å². The first-order chi connectivity index (χ1) is 12.1. The van der Waals surface area contributed by atoms with Gasteiger partial charge in [0.1, 0.15) is 12.6 Å². The Balaban J connectivity index is 2.13. The molecule has 0 heterocycles. The molecule has 0 aliphatic heterocycles. The quantitative estimate of drug-likeness (QED) is 0.553. The zero-order valence-corrected chi connectivity index (χ0v) is 13.9. The highest BCUT2D eigenvalue weighted by molar-refractivity contribution is 6.02. The molecule has 3 rings (SSSR count). The molecule has 0 bridgehead atoms. The summed E-state index contributed by atoms with van der Waals surface area (Å²) < 4.78 is 4.82. The first kappa shape index (κ1) is 16.9. The SMILES string of the molecule is COC(=O)[C@@H](Cc1c2ccccc2cc2ccccc12)NC(=O)CO. The molecule has 2 N–H and O–H groups in total. The molecule has 5 nitrogen and oxygen atoms in total. The zero-order chi connectivity index (χ0) is 17.8. The van der Waals surface area contributed by atoms with Crippen molar-refractivity contribution < 1.29 is 19.4 Å². The molecule has 3 aromatic carbocycles. The predicted molar refractivity (Wildman–Crippen MR) is 96.2 cm³/mol. The average molecular weight is 337 g/mol. The average Bonchev–Trinajstić information content (AvgIpc) is 2.66. The minimum Gasteiger partial charge on any atom is -0.467 e. The second-order valence-corrected chi connectivity index (χ2v) is 5.80. The molecule has 1 amide bonds. The lowest BCUT2D eigenvalue weighted by molar-refractivity contribution is -0.145. The van der Waals surface area contributed by atoms with E-state index in [2.05, 4.69) is 11.4 Å². The summed E-state index contributed by atoms with van der Waals surface area (Å²) in [6, 6.07) is 17.1. The Hall–Kier alpha value is -2.92. The summed E-state index contributed by atoms with van der Waals surface area (Å²) in [6.07, 6.45) is 0.278. The second-order valence-electron chi connectivity index (χ2n) is 5.80. The molecular weight excluding hydrogens is 318 g/mol.